The summed E-state index contributed by atoms with van der Waals surface area (Å²) < 4.78 is 0. The van der Waals surface area contributed by atoms with Gasteiger partial charge >= 0.3 is 0 Å². The van der Waals surface area contributed by atoms with Gasteiger partial charge in [0.05, 0.1) is 16.7 Å². The van der Waals surface area contributed by atoms with Crippen LogP contribution in [0.2, 0.25) is 0 Å². The third-order valence-electron chi connectivity index (χ3n) is 5.49. The van der Waals surface area contributed by atoms with Crippen LogP contribution >= 0.6 is 0 Å². The molecular weight excluding hydrogens is 334 g/mol. The summed E-state index contributed by atoms with van der Waals surface area (Å²) >= 11 is 0. The predicted octanol–water partition coefficient (Wildman–Crippen LogP) is 3.86. The van der Waals surface area contributed by atoms with Gasteiger partial charge in [0, 0.05) is 31.9 Å². The molecule has 1 fully saturated rings. The number of fused-ring (bicyclic) bond motifs is 1. The Hall–Kier alpha value is -2.72. The number of likely N-dealkylation sites (tertiary alicyclic amines) is 1. The highest BCUT2D eigenvalue weighted by Gasteiger charge is 2.36. The molecule has 1 aliphatic rings. The fourth-order valence-electron chi connectivity index (χ4n) is 4.10. The first-order valence-electron chi connectivity index (χ1n) is 9.56. The van der Waals surface area contributed by atoms with E-state index in [1.165, 1.54) is 10.9 Å². The molecule has 2 heterocycles. The third kappa shape index (κ3) is 3.86. The van der Waals surface area contributed by atoms with Crippen molar-refractivity contribution < 1.29 is 4.79 Å². The van der Waals surface area contributed by atoms with E-state index >= 15 is 0 Å². The van der Waals surface area contributed by atoms with E-state index in [-0.39, 0.29) is 11.4 Å². The van der Waals surface area contributed by atoms with Crippen LogP contribution in [0.25, 0.3) is 10.9 Å². The summed E-state index contributed by atoms with van der Waals surface area (Å²) in [4.78, 5) is 19.1. The van der Waals surface area contributed by atoms with Crippen molar-refractivity contribution in [2.24, 2.45) is 0 Å². The molecule has 1 amide bonds. The Bertz CT molecular complexity index is 931. The van der Waals surface area contributed by atoms with E-state index in [9.17, 15) is 4.79 Å². The number of carbonyl (C=O) groups excluding carboxylic acids is 1. The molecule has 0 spiro atoms. The van der Waals surface area contributed by atoms with Crippen molar-refractivity contribution >= 4 is 16.8 Å². The summed E-state index contributed by atoms with van der Waals surface area (Å²) in [6.45, 7) is 4.32. The molecule has 0 aliphatic carbocycles. The second kappa shape index (κ2) is 7.49. The lowest BCUT2D eigenvalue weighted by molar-refractivity contribution is -0.121. The van der Waals surface area contributed by atoms with E-state index in [4.69, 9.17) is 4.98 Å². The first-order valence-corrected chi connectivity index (χ1v) is 9.56. The van der Waals surface area contributed by atoms with Crippen LogP contribution in [0.1, 0.15) is 31.0 Å². The maximum absolute atomic E-state index is 11.9. The summed E-state index contributed by atoms with van der Waals surface area (Å²) in [5, 5.41) is 4.41. The van der Waals surface area contributed by atoms with Gasteiger partial charge in [0.25, 0.3) is 0 Å². The SMILES string of the molecule is CC(=O)NC1(c2ccccc2)CCN(Cc2ccc3ccccc3n2)CC1. The van der Waals surface area contributed by atoms with Gasteiger partial charge in [-0.1, -0.05) is 54.6 Å². The van der Waals surface area contributed by atoms with E-state index in [0.717, 1.165) is 43.7 Å². The van der Waals surface area contributed by atoms with Gasteiger partial charge in [-0.2, -0.15) is 0 Å². The molecule has 1 N–H and O–H groups in total. The van der Waals surface area contributed by atoms with Gasteiger partial charge < -0.3 is 5.32 Å². The number of amides is 1. The highest BCUT2D eigenvalue weighted by molar-refractivity contribution is 5.78. The average Bonchev–Trinajstić information content (AvgIpc) is 2.70. The molecule has 27 heavy (non-hydrogen) atoms. The van der Waals surface area contributed by atoms with Crippen LogP contribution in [-0.4, -0.2) is 28.9 Å². The number of para-hydroxylation sites is 1. The largest absolute Gasteiger partial charge is 0.347 e. The second-order valence-electron chi connectivity index (χ2n) is 7.40. The van der Waals surface area contributed by atoms with Crippen LogP contribution in [0.3, 0.4) is 0 Å². The van der Waals surface area contributed by atoms with Gasteiger partial charge in [-0.3, -0.25) is 14.7 Å². The van der Waals surface area contributed by atoms with Gasteiger partial charge in [0.15, 0.2) is 0 Å². The Balaban J connectivity index is 1.48. The Morgan fingerprint density at radius 3 is 2.44 bits per heavy atom. The highest BCUT2D eigenvalue weighted by Crippen LogP contribution is 2.33. The molecule has 0 bridgehead atoms. The fourth-order valence-corrected chi connectivity index (χ4v) is 4.10. The zero-order valence-corrected chi connectivity index (χ0v) is 15.7. The standard InChI is InChI=1S/C23H25N3O/c1-18(27)25-23(20-8-3-2-4-9-20)13-15-26(16-14-23)17-21-12-11-19-7-5-6-10-22(19)24-21/h2-12H,13-17H2,1H3,(H,25,27). The molecule has 4 rings (SSSR count). The van der Waals surface area contributed by atoms with Crippen LogP contribution in [0.5, 0.6) is 0 Å². The third-order valence-corrected chi connectivity index (χ3v) is 5.49. The van der Waals surface area contributed by atoms with Gasteiger partial charge in [0.2, 0.25) is 5.91 Å². The Labute approximate surface area is 160 Å². The lowest BCUT2D eigenvalue weighted by atomic mass is 9.80. The minimum absolute atomic E-state index is 0.0310. The molecule has 0 unspecified atom stereocenters. The molecule has 0 atom stereocenters. The van der Waals surface area contributed by atoms with Gasteiger partial charge in [-0.05, 0) is 30.5 Å². The highest BCUT2D eigenvalue weighted by atomic mass is 16.1. The molecule has 4 nitrogen and oxygen atoms in total. The number of rotatable bonds is 4. The number of pyridine rings is 1. The maximum atomic E-state index is 11.9. The van der Waals surface area contributed by atoms with E-state index in [2.05, 4.69) is 46.6 Å². The zero-order valence-electron chi connectivity index (χ0n) is 15.7. The summed E-state index contributed by atoms with van der Waals surface area (Å²) in [6.07, 6.45) is 1.81. The monoisotopic (exact) mass is 359 g/mol. The Kier molecular flexibility index (Phi) is 4.90. The Morgan fingerprint density at radius 2 is 1.70 bits per heavy atom. The zero-order chi connectivity index (χ0) is 18.7. The fraction of sp³-hybridized carbons (Fsp3) is 0.304. The quantitative estimate of drug-likeness (QED) is 0.769. The van der Waals surface area contributed by atoms with Gasteiger partial charge in [-0.25, -0.2) is 0 Å². The lowest BCUT2D eigenvalue weighted by Crippen LogP contribution is -2.52. The summed E-state index contributed by atoms with van der Waals surface area (Å²) in [5.41, 5.74) is 3.08. The number of benzene rings is 2. The molecule has 1 saturated heterocycles. The average molecular weight is 359 g/mol. The number of carbonyl (C=O) groups is 1. The van der Waals surface area contributed by atoms with Crippen LogP contribution in [0.4, 0.5) is 0 Å². The number of hydrogen-bond acceptors (Lipinski definition) is 3. The van der Waals surface area contributed by atoms with Crippen molar-refractivity contribution in [3.05, 3.63) is 78.0 Å². The molecule has 0 saturated carbocycles. The minimum Gasteiger partial charge on any atom is -0.347 e. The molecule has 1 aromatic heterocycles. The topological polar surface area (TPSA) is 45.2 Å². The van der Waals surface area contributed by atoms with Gasteiger partial charge in [-0.15, -0.1) is 0 Å². The van der Waals surface area contributed by atoms with Crippen LogP contribution in [0.15, 0.2) is 66.7 Å². The summed E-state index contributed by atoms with van der Waals surface area (Å²) in [7, 11) is 0. The molecule has 2 aromatic carbocycles. The number of piperidine rings is 1. The molecule has 0 radical (unpaired) electrons. The lowest BCUT2D eigenvalue weighted by Gasteiger charge is -2.42. The van der Waals surface area contributed by atoms with Gasteiger partial charge in [0.1, 0.15) is 0 Å². The van der Waals surface area contributed by atoms with Crippen molar-refractivity contribution in [2.75, 3.05) is 13.1 Å². The van der Waals surface area contributed by atoms with Crippen molar-refractivity contribution in [1.82, 2.24) is 15.2 Å². The Morgan fingerprint density at radius 1 is 1.00 bits per heavy atom. The summed E-state index contributed by atoms with van der Waals surface area (Å²) in [6, 6.07) is 22.8. The predicted molar refractivity (Wildman–Crippen MR) is 108 cm³/mol. The molecule has 3 aromatic rings. The van der Waals surface area contributed by atoms with Crippen molar-refractivity contribution in [2.45, 2.75) is 31.8 Å². The van der Waals surface area contributed by atoms with E-state index in [1.54, 1.807) is 6.92 Å². The summed E-state index contributed by atoms with van der Waals surface area (Å²) in [5.74, 6) is 0.0310. The number of nitrogens with one attached hydrogen (secondary N) is 1. The van der Waals surface area contributed by atoms with Crippen LogP contribution in [0, 0.1) is 0 Å². The second-order valence-corrected chi connectivity index (χ2v) is 7.40. The van der Waals surface area contributed by atoms with Crippen molar-refractivity contribution in [1.29, 1.82) is 0 Å². The molecule has 4 heteroatoms. The van der Waals surface area contributed by atoms with Crippen molar-refractivity contribution in [3.8, 4) is 0 Å². The molecule has 1 aliphatic heterocycles. The first-order chi connectivity index (χ1) is 13.1. The van der Waals surface area contributed by atoms with Crippen molar-refractivity contribution in [3.63, 3.8) is 0 Å². The number of nitrogens with zero attached hydrogens (tertiary/aromatic N) is 2. The van der Waals surface area contributed by atoms with E-state index < -0.39 is 0 Å². The first kappa shape index (κ1) is 17.7. The van der Waals surface area contributed by atoms with E-state index in [0.29, 0.717) is 0 Å². The smallest absolute Gasteiger partial charge is 0.217 e. The molecule has 138 valence electrons. The van der Waals surface area contributed by atoms with Crippen LogP contribution < -0.4 is 5.32 Å². The van der Waals surface area contributed by atoms with E-state index in [1.807, 2.05) is 30.3 Å². The van der Waals surface area contributed by atoms with Crippen LogP contribution in [-0.2, 0) is 16.9 Å². The number of hydrogen-bond donors (Lipinski definition) is 1. The minimum atomic E-state index is -0.263. The normalized spacial score (nSPS) is 16.9. The molecular formula is C23H25N3O. The number of aromatic nitrogens is 1. The maximum Gasteiger partial charge on any atom is 0.217 e.